The van der Waals surface area contributed by atoms with Gasteiger partial charge in [-0.3, -0.25) is 9.59 Å². The molecule has 0 radical (unpaired) electrons. The van der Waals surface area contributed by atoms with E-state index in [9.17, 15) is 14.9 Å². The average molecular weight is 409 g/mol. The summed E-state index contributed by atoms with van der Waals surface area (Å²) in [5, 5.41) is 10.5. The van der Waals surface area contributed by atoms with Gasteiger partial charge >= 0.3 is 5.97 Å². The fourth-order valence-electron chi connectivity index (χ4n) is 4.56. The highest BCUT2D eigenvalue weighted by molar-refractivity contribution is 5.90. The number of hydrogen-bond acceptors (Lipinski definition) is 4. The van der Waals surface area contributed by atoms with Crippen molar-refractivity contribution in [3.63, 3.8) is 0 Å². The van der Waals surface area contributed by atoms with E-state index in [1.54, 1.807) is 0 Å². The van der Waals surface area contributed by atoms with E-state index < -0.39 is 23.2 Å². The third kappa shape index (κ3) is 4.00. The highest BCUT2D eigenvalue weighted by atomic mass is 16.5. The number of ketones is 1. The van der Waals surface area contributed by atoms with Crippen LogP contribution in [0.25, 0.3) is 0 Å². The van der Waals surface area contributed by atoms with Gasteiger partial charge in [-0.2, -0.15) is 5.26 Å². The van der Waals surface area contributed by atoms with Crippen molar-refractivity contribution >= 4 is 11.8 Å². The van der Waals surface area contributed by atoms with Gasteiger partial charge < -0.3 is 4.74 Å². The summed E-state index contributed by atoms with van der Waals surface area (Å²) in [4.78, 5) is 26.4. The molecule has 3 aromatic carbocycles. The van der Waals surface area contributed by atoms with Crippen molar-refractivity contribution < 1.29 is 14.3 Å². The molecule has 31 heavy (non-hydrogen) atoms. The fourth-order valence-corrected chi connectivity index (χ4v) is 4.56. The summed E-state index contributed by atoms with van der Waals surface area (Å²) in [6.07, 6.45) is 0.280. The monoisotopic (exact) mass is 409 g/mol. The van der Waals surface area contributed by atoms with Gasteiger partial charge in [0.05, 0.1) is 6.07 Å². The molecule has 1 unspecified atom stereocenters. The molecule has 154 valence electrons. The maximum absolute atomic E-state index is 13.6. The van der Waals surface area contributed by atoms with Crippen molar-refractivity contribution in [2.75, 3.05) is 0 Å². The first kappa shape index (κ1) is 20.6. The van der Waals surface area contributed by atoms with Gasteiger partial charge in [-0.1, -0.05) is 91.0 Å². The molecule has 1 aliphatic rings. The minimum absolute atomic E-state index is 0.0458. The van der Waals surface area contributed by atoms with E-state index in [1.165, 1.54) is 0 Å². The van der Waals surface area contributed by atoms with Crippen LogP contribution in [0.1, 0.15) is 41.4 Å². The maximum atomic E-state index is 13.6. The van der Waals surface area contributed by atoms with Gasteiger partial charge in [-0.15, -0.1) is 0 Å². The molecular weight excluding hydrogens is 386 g/mol. The minimum atomic E-state index is -1.49. The second-order valence-corrected chi connectivity index (χ2v) is 7.92. The zero-order valence-corrected chi connectivity index (χ0v) is 17.1. The number of Topliss-reactive ketones (excluding diaryl/α,β-unsaturated/α-hetero) is 1. The van der Waals surface area contributed by atoms with Crippen molar-refractivity contribution in [3.05, 3.63) is 108 Å². The van der Waals surface area contributed by atoms with Crippen LogP contribution < -0.4 is 0 Å². The standard InChI is InChI=1S/C27H23NO3/c28-19-27(26(30)31-18-20-10-4-1-5-11-20)24(21-12-6-2-7-13-21)16-23(29)17-25(27)22-14-8-3-9-15-22/h1-15,24-25H,16-18H2/t24-,25+,27?. The molecular formula is C27H23NO3. The summed E-state index contributed by atoms with van der Waals surface area (Å²) in [6, 6.07) is 30.5. The second kappa shape index (κ2) is 8.97. The van der Waals surface area contributed by atoms with Crippen LogP contribution >= 0.6 is 0 Å². The summed E-state index contributed by atoms with van der Waals surface area (Å²) in [5.41, 5.74) is 0.957. The molecule has 0 heterocycles. The molecule has 0 bridgehead atoms. The van der Waals surface area contributed by atoms with Crippen LogP contribution in [0.3, 0.4) is 0 Å². The van der Waals surface area contributed by atoms with Crippen molar-refractivity contribution in [1.82, 2.24) is 0 Å². The van der Waals surface area contributed by atoms with E-state index in [1.807, 2.05) is 91.0 Å². The Morgan fingerprint density at radius 1 is 0.839 bits per heavy atom. The number of esters is 1. The molecule has 3 aromatic rings. The van der Waals surface area contributed by atoms with Gasteiger partial charge in [-0.05, 0) is 16.7 Å². The van der Waals surface area contributed by atoms with Crippen LogP contribution in [-0.2, 0) is 20.9 Å². The fraction of sp³-hybridized carbons (Fsp3) is 0.222. The largest absolute Gasteiger partial charge is 0.460 e. The topological polar surface area (TPSA) is 67.2 Å². The summed E-state index contributed by atoms with van der Waals surface area (Å²) in [5.74, 6) is -1.68. The number of nitrogens with zero attached hydrogens (tertiary/aromatic N) is 1. The highest BCUT2D eigenvalue weighted by Gasteiger charge is 2.58. The number of hydrogen-bond donors (Lipinski definition) is 0. The minimum Gasteiger partial charge on any atom is -0.460 e. The van der Waals surface area contributed by atoms with Gasteiger partial charge in [0.15, 0.2) is 5.41 Å². The Balaban J connectivity index is 1.79. The number of benzene rings is 3. The molecule has 1 fully saturated rings. The van der Waals surface area contributed by atoms with Crippen molar-refractivity contribution in [3.8, 4) is 6.07 Å². The summed E-state index contributed by atoms with van der Waals surface area (Å²) in [7, 11) is 0. The first-order valence-corrected chi connectivity index (χ1v) is 10.4. The van der Waals surface area contributed by atoms with E-state index in [2.05, 4.69) is 6.07 Å². The molecule has 4 heteroatoms. The smallest absolute Gasteiger partial charge is 0.328 e. The van der Waals surface area contributed by atoms with Crippen LogP contribution in [-0.4, -0.2) is 11.8 Å². The van der Waals surface area contributed by atoms with Gasteiger partial charge in [0.1, 0.15) is 12.4 Å². The van der Waals surface area contributed by atoms with Crippen LogP contribution in [0.15, 0.2) is 91.0 Å². The van der Waals surface area contributed by atoms with Gasteiger partial charge in [0, 0.05) is 24.7 Å². The molecule has 1 saturated carbocycles. The summed E-state index contributed by atoms with van der Waals surface area (Å²) in [6.45, 7) is 0.0834. The lowest BCUT2D eigenvalue weighted by atomic mass is 9.56. The van der Waals surface area contributed by atoms with Crippen LogP contribution in [0.2, 0.25) is 0 Å². The van der Waals surface area contributed by atoms with Crippen LogP contribution in [0, 0.1) is 16.7 Å². The Bertz CT molecular complexity index is 1040. The molecule has 0 aromatic heterocycles. The van der Waals surface area contributed by atoms with Crippen LogP contribution in [0.4, 0.5) is 0 Å². The lowest BCUT2D eigenvalue weighted by molar-refractivity contribution is -0.158. The highest BCUT2D eigenvalue weighted by Crippen LogP contribution is 2.54. The first-order chi connectivity index (χ1) is 15.1. The molecule has 4 rings (SSSR count). The number of carbonyl (C=O) groups excluding carboxylic acids is 2. The lowest BCUT2D eigenvalue weighted by Gasteiger charge is -2.42. The molecule has 0 N–H and O–H groups in total. The lowest BCUT2D eigenvalue weighted by Crippen LogP contribution is -2.47. The Morgan fingerprint density at radius 3 is 1.74 bits per heavy atom. The zero-order valence-electron chi connectivity index (χ0n) is 17.1. The van der Waals surface area contributed by atoms with Gasteiger partial charge in [0.2, 0.25) is 0 Å². The van der Waals surface area contributed by atoms with Crippen molar-refractivity contribution in [2.24, 2.45) is 5.41 Å². The molecule has 0 amide bonds. The Hall–Kier alpha value is -3.71. The normalized spacial score (nSPS) is 23.0. The van der Waals surface area contributed by atoms with Crippen LogP contribution in [0.5, 0.6) is 0 Å². The number of nitriles is 1. The number of carbonyl (C=O) groups is 2. The Kier molecular flexibility index (Phi) is 5.95. The van der Waals surface area contributed by atoms with E-state index in [4.69, 9.17) is 4.74 Å². The van der Waals surface area contributed by atoms with Gasteiger partial charge in [0.25, 0.3) is 0 Å². The predicted molar refractivity (Wildman–Crippen MR) is 117 cm³/mol. The quantitative estimate of drug-likeness (QED) is 0.545. The van der Waals surface area contributed by atoms with E-state index in [-0.39, 0.29) is 25.2 Å². The average Bonchev–Trinajstić information content (AvgIpc) is 2.84. The zero-order chi connectivity index (χ0) is 21.7. The first-order valence-electron chi connectivity index (χ1n) is 10.4. The van der Waals surface area contributed by atoms with E-state index >= 15 is 0 Å². The third-order valence-electron chi connectivity index (χ3n) is 6.10. The predicted octanol–water partition coefficient (Wildman–Crippen LogP) is 5.17. The van der Waals surface area contributed by atoms with E-state index in [0.29, 0.717) is 0 Å². The van der Waals surface area contributed by atoms with Gasteiger partial charge in [-0.25, -0.2) is 0 Å². The van der Waals surface area contributed by atoms with Crippen molar-refractivity contribution in [1.29, 1.82) is 5.26 Å². The SMILES string of the molecule is N#CC1(C(=O)OCc2ccccc2)[C@@H](c2ccccc2)CC(=O)C[C@H]1c1ccccc1. The molecule has 1 aliphatic carbocycles. The van der Waals surface area contributed by atoms with E-state index in [0.717, 1.165) is 16.7 Å². The molecule has 0 saturated heterocycles. The number of rotatable bonds is 5. The second-order valence-electron chi connectivity index (χ2n) is 7.92. The molecule has 3 atom stereocenters. The molecule has 0 spiro atoms. The maximum Gasteiger partial charge on any atom is 0.328 e. The summed E-state index contributed by atoms with van der Waals surface area (Å²) >= 11 is 0. The third-order valence-corrected chi connectivity index (χ3v) is 6.10. The molecule has 0 aliphatic heterocycles. The molecule has 4 nitrogen and oxygen atoms in total. The Morgan fingerprint density at radius 2 is 1.29 bits per heavy atom. The summed E-state index contributed by atoms with van der Waals surface area (Å²) < 4.78 is 5.73. The van der Waals surface area contributed by atoms with Crippen molar-refractivity contribution in [2.45, 2.75) is 31.3 Å². The number of ether oxygens (including phenoxy) is 1. The Labute approximate surface area is 182 Å².